The summed E-state index contributed by atoms with van der Waals surface area (Å²) < 4.78 is 23.5. The Morgan fingerprint density at radius 1 is 1.15 bits per heavy atom. The van der Waals surface area contributed by atoms with Gasteiger partial charge in [0.25, 0.3) is 0 Å². The van der Waals surface area contributed by atoms with Crippen molar-refractivity contribution in [3.63, 3.8) is 0 Å². The van der Waals surface area contributed by atoms with Gasteiger partial charge in [-0.15, -0.1) is 0 Å². The van der Waals surface area contributed by atoms with E-state index in [1.807, 2.05) is 0 Å². The minimum Gasteiger partial charge on any atom is -0.496 e. The Morgan fingerprint density at radius 2 is 1.85 bits per heavy atom. The Kier molecular flexibility index (Phi) is 4.35. The van der Waals surface area contributed by atoms with E-state index in [1.54, 1.807) is 30.3 Å². The summed E-state index contributed by atoms with van der Waals surface area (Å²) in [7, 11) is 1.51. The van der Waals surface area contributed by atoms with E-state index in [0.29, 0.717) is 23.7 Å². The van der Waals surface area contributed by atoms with Crippen molar-refractivity contribution in [3.05, 3.63) is 59.4 Å². The fourth-order valence-corrected chi connectivity index (χ4v) is 1.80. The van der Waals surface area contributed by atoms with Crippen LogP contribution in [0.4, 0.5) is 4.39 Å². The Morgan fingerprint density at radius 3 is 2.45 bits per heavy atom. The summed E-state index contributed by atoms with van der Waals surface area (Å²) in [5.74, 6) is 0.735. The van der Waals surface area contributed by atoms with Gasteiger partial charge in [-0.1, -0.05) is 12.1 Å². The Bertz CT molecular complexity index is 606. The molecular formula is C16H15FO3. The molecule has 0 N–H and O–H groups in total. The number of ketones is 1. The number of hydrogen-bond donors (Lipinski definition) is 0. The summed E-state index contributed by atoms with van der Waals surface area (Å²) in [5.41, 5.74) is 1.38. The van der Waals surface area contributed by atoms with Gasteiger partial charge in [0, 0.05) is 6.07 Å². The van der Waals surface area contributed by atoms with Crippen LogP contribution in [0.3, 0.4) is 0 Å². The van der Waals surface area contributed by atoms with Gasteiger partial charge in [-0.2, -0.15) is 0 Å². The number of carbonyl (C=O) groups is 1. The molecule has 0 heterocycles. The van der Waals surface area contributed by atoms with E-state index in [-0.39, 0.29) is 11.6 Å². The number of rotatable bonds is 5. The molecule has 0 aliphatic rings. The molecule has 2 aromatic rings. The van der Waals surface area contributed by atoms with Crippen molar-refractivity contribution in [1.82, 2.24) is 0 Å². The predicted molar refractivity (Wildman–Crippen MR) is 73.7 cm³/mol. The first-order valence-corrected chi connectivity index (χ1v) is 6.16. The van der Waals surface area contributed by atoms with Crippen LogP contribution in [-0.4, -0.2) is 12.9 Å². The van der Waals surface area contributed by atoms with Crippen molar-refractivity contribution < 1.29 is 18.7 Å². The number of methoxy groups -OCH3 is 1. The second-order valence-corrected chi connectivity index (χ2v) is 4.33. The third-order valence-electron chi connectivity index (χ3n) is 2.87. The molecule has 0 bridgehead atoms. The van der Waals surface area contributed by atoms with Crippen LogP contribution in [0, 0.1) is 5.82 Å². The largest absolute Gasteiger partial charge is 0.496 e. The smallest absolute Gasteiger partial charge is 0.163 e. The summed E-state index contributed by atoms with van der Waals surface area (Å²) in [6, 6.07) is 11.1. The number of Topliss-reactive ketones (excluding diaryl/α,β-unsaturated/α-hetero) is 1. The second kappa shape index (κ2) is 6.19. The lowest BCUT2D eigenvalue weighted by Crippen LogP contribution is -2.00. The third kappa shape index (κ3) is 3.35. The van der Waals surface area contributed by atoms with Gasteiger partial charge in [-0.3, -0.25) is 4.79 Å². The predicted octanol–water partition coefficient (Wildman–Crippen LogP) is 3.62. The molecule has 2 rings (SSSR count). The van der Waals surface area contributed by atoms with E-state index in [0.717, 1.165) is 5.56 Å². The number of ether oxygens (including phenoxy) is 2. The van der Waals surface area contributed by atoms with Crippen LogP contribution >= 0.6 is 0 Å². The SMILES string of the molecule is COc1cc(OCc2ccc(F)cc2)ccc1C(C)=O. The normalized spacial score (nSPS) is 10.2. The highest BCUT2D eigenvalue weighted by Crippen LogP contribution is 2.25. The van der Waals surface area contributed by atoms with E-state index in [1.165, 1.54) is 26.2 Å². The van der Waals surface area contributed by atoms with Crippen LogP contribution < -0.4 is 9.47 Å². The molecule has 0 saturated heterocycles. The Hall–Kier alpha value is -2.36. The minimum absolute atomic E-state index is 0.0630. The van der Waals surface area contributed by atoms with Gasteiger partial charge < -0.3 is 9.47 Å². The molecule has 3 nitrogen and oxygen atoms in total. The first-order chi connectivity index (χ1) is 9.60. The monoisotopic (exact) mass is 274 g/mol. The molecule has 0 fully saturated rings. The highest BCUT2D eigenvalue weighted by Gasteiger charge is 2.09. The highest BCUT2D eigenvalue weighted by molar-refractivity contribution is 5.97. The van der Waals surface area contributed by atoms with E-state index in [4.69, 9.17) is 9.47 Å². The van der Waals surface area contributed by atoms with Gasteiger partial charge >= 0.3 is 0 Å². The van der Waals surface area contributed by atoms with Gasteiger partial charge in [-0.25, -0.2) is 4.39 Å². The summed E-state index contributed by atoms with van der Waals surface area (Å²) in [6.45, 7) is 1.81. The molecule has 2 aromatic carbocycles. The van der Waals surface area contributed by atoms with Gasteiger partial charge in [0.2, 0.25) is 0 Å². The van der Waals surface area contributed by atoms with E-state index >= 15 is 0 Å². The maximum absolute atomic E-state index is 12.8. The van der Waals surface area contributed by atoms with Gasteiger partial charge in [0.05, 0.1) is 12.7 Å². The zero-order valence-electron chi connectivity index (χ0n) is 11.4. The molecule has 104 valence electrons. The van der Waals surface area contributed by atoms with Crippen LogP contribution in [0.15, 0.2) is 42.5 Å². The lowest BCUT2D eigenvalue weighted by Gasteiger charge is -2.10. The fourth-order valence-electron chi connectivity index (χ4n) is 1.80. The summed E-state index contributed by atoms with van der Waals surface area (Å²) >= 11 is 0. The van der Waals surface area contributed by atoms with E-state index in [9.17, 15) is 9.18 Å². The first-order valence-electron chi connectivity index (χ1n) is 6.16. The fraction of sp³-hybridized carbons (Fsp3) is 0.188. The quantitative estimate of drug-likeness (QED) is 0.781. The molecule has 0 spiro atoms. The van der Waals surface area contributed by atoms with Crippen molar-refractivity contribution in [3.8, 4) is 11.5 Å². The van der Waals surface area contributed by atoms with Crippen molar-refractivity contribution in [2.45, 2.75) is 13.5 Å². The molecule has 4 heteroatoms. The van der Waals surface area contributed by atoms with Gasteiger partial charge in [0.15, 0.2) is 5.78 Å². The Labute approximate surface area is 117 Å². The molecular weight excluding hydrogens is 259 g/mol. The maximum Gasteiger partial charge on any atom is 0.163 e. The summed E-state index contributed by atoms with van der Waals surface area (Å²) in [5, 5.41) is 0. The first kappa shape index (κ1) is 14.1. The standard InChI is InChI=1S/C16H15FO3/c1-11(18)15-8-7-14(9-16(15)19-2)20-10-12-3-5-13(17)6-4-12/h3-9H,10H2,1-2H3. The number of benzene rings is 2. The average molecular weight is 274 g/mol. The average Bonchev–Trinajstić information content (AvgIpc) is 2.46. The number of halogens is 1. The molecule has 0 aliphatic carbocycles. The van der Waals surface area contributed by atoms with Crippen molar-refractivity contribution in [2.75, 3.05) is 7.11 Å². The molecule has 0 saturated carbocycles. The molecule has 0 atom stereocenters. The second-order valence-electron chi connectivity index (χ2n) is 4.33. The van der Waals surface area contributed by atoms with Gasteiger partial charge in [0.1, 0.15) is 23.9 Å². The molecule has 0 radical (unpaired) electrons. The molecule has 20 heavy (non-hydrogen) atoms. The topological polar surface area (TPSA) is 35.5 Å². The molecule has 0 unspecified atom stereocenters. The minimum atomic E-state index is -0.277. The summed E-state index contributed by atoms with van der Waals surface area (Å²) in [4.78, 5) is 11.4. The number of carbonyl (C=O) groups excluding carboxylic acids is 1. The van der Waals surface area contributed by atoms with Crippen molar-refractivity contribution >= 4 is 5.78 Å². The van der Waals surface area contributed by atoms with Crippen LogP contribution in [0.1, 0.15) is 22.8 Å². The van der Waals surface area contributed by atoms with Crippen molar-refractivity contribution in [2.24, 2.45) is 0 Å². The Balaban J connectivity index is 2.10. The maximum atomic E-state index is 12.8. The van der Waals surface area contributed by atoms with Crippen LogP contribution in [-0.2, 0) is 6.61 Å². The van der Waals surface area contributed by atoms with Gasteiger partial charge in [-0.05, 0) is 36.8 Å². The van der Waals surface area contributed by atoms with Crippen molar-refractivity contribution in [1.29, 1.82) is 0 Å². The van der Waals surface area contributed by atoms with Crippen LogP contribution in [0.5, 0.6) is 11.5 Å². The lowest BCUT2D eigenvalue weighted by molar-refractivity contribution is 0.101. The molecule has 0 aliphatic heterocycles. The lowest BCUT2D eigenvalue weighted by atomic mass is 10.1. The zero-order chi connectivity index (χ0) is 14.5. The van der Waals surface area contributed by atoms with Crippen LogP contribution in [0.25, 0.3) is 0 Å². The van der Waals surface area contributed by atoms with E-state index < -0.39 is 0 Å². The third-order valence-corrected chi connectivity index (χ3v) is 2.87. The molecule has 0 aromatic heterocycles. The summed E-state index contributed by atoms with van der Waals surface area (Å²) in [6.07, 6.45) is 0. The number of hydrogen-bond acceptors (Lipinski definition) is 3. The molecule has 0 amide bonds. The highest BCUT2D eigenvalue weighted by atomic mass is 19.1. The zero-order valence-corrected chi connectivity index (χ0v) is 11.4. The van der Waals surface area contributed by atoms with E-state index in [2.05, 4.69) is 0 Å². The van der Waals surface area contributed by atoms with Crippen LogP contribution in [0.2, 0.25) is 0 Å².